The summed E-state index contributed by atoms with van der Waals surface area (Å²) < 4.78 is 27.4. The zero-order chi connectivity index (χ0) is 23.0. The predicted octanol–water partition coefficient (Wildman–Crippen LogP) is 4.44. The van der Waals surface area contributed by atoms with Gasteiger partial charge in [-0.2, -0.15) is 0 Å². The van der Waals surface area contributed by atoms with Crippen molar-refractivity contribution in [2.75, 3.05) is 35.0 Å². The average molecular weight is 433 g/mol. The van der Waals surface area contributed by atoms with Crippen molar-refractivity contribution < 1.29 is 33.6 Å². The van der Waals surface area contributed by atoms with E-state index >= 15 is 0 Å². The van der Waals surface area contributed by atoms with E-state index in [0.717, 1.165) is 11.3 Å². The molecule has 170 valence electrons. The Hall–Kier alpha value is -2.93. The van der Waals surface area contributed by atoms with Crippen molar-refractivity contribution >= 4 is 5.97 Å². The Kier molecular flexibility index (Phi) is 9.00. The Labute approximate surface area is 183 Å². The van der Waals surface area contributed by atoms with Crippen LogP contribution in [0.2, 0.25) is 0 Å². The van der Waals surface area contributed by atoms with E-state index in [1.807, 2.05) is 38.1 Å². The number of carbonyl (C=O) groups is 1. The van der Waals surface area contributed by atoms with Crippen molar-refractivity contribution in [2.45, 2.75) is 32.8 Å². The smallest absolute Gasteiger partial charge is 0.311 e. The summed E-state index contributed by atoms with van der Waals surface area (Å²) in [6.45, 7) is 4.68. The second-order valence-corrected chi connectivity index (χ2v) is 7.45. The van der Waals surface area contributed by atoms with E-state index in [2.05, 4.69) is 0 Å². The normalized spacial score (nSPS) is 12.7. The minimum absolute atomic E-state index is 0.0115. The maximum Gasteiger partial charge on any atom is 0.311 e. The summed E-state index contributed by atoms with van der Waals surface area (Å²) in [6, 6.07) is 9.35. The van der Waals surface area contributed by atoms with Gasteiger partial charge in [-0.05, 0) is 43.0 Å². The van der Waals surface area contributed by atoms with Crippen molar-refractivity contribution in [2.24, 2.45) is 5.92 Å². The van der Waals surface area contributed by atoms with Gasteiger partial charge < -0.3 is 28.8 Å². The van der Waals surface area contributed by atoms with Gasteiger partial charge in [0.25, 0.3) is 0 Å². The molecule has 2 aromatic rings. The molecule has 0 bridgehead atoms. The Morgan fingerprint density at radius 2 is 1.61 bits per heavy atom. The summed E-state index contributed by atoms with van der Waals surface area (Å²) in [5, 5.41) is 9.95. The van der Waals surface area contributed by atoms with Crippen LogP contribution in [0.3, 0.4) is 0 Å². The number of carboxylic acid groups (broad SMARTS) is 1. The fourth-order valence-electron chi connectivity index (χ4n) is 3.64. The molecule has 1 N–H and O–H groups in total. The molecule has 0 spiro atoms. The van der Waals surface area contributed by atoms with Gasteiger partial charge >= 0.3 is 5.97 Å². The zero-order valence-corrected chi connectivity index (χ0v) is 19.1. The number of hydrogen-bond acceptors (Lipinski definition) is 6. The molecule has 2 aromatic carbocycles. The van der Waals surface area contributed by atoms with Gasteiger partial charge in [0.15, 0.2) is 11.5 Å². The average Bonchev–Trinajstić information content (AvgIpc) is 2.77. The molecule has 31 heavy (non-hydrogen) atoms. The van der Waals surface area contributed by atoms with E-state index in [1.54, 1.807) is 20.3 Å². The lowest BCUT2D eigenvalue weighted by Gasteiger charge is -2.23. The number of hydrogen-bond donors (Lipinski definition) is 1. The van der Waals surface area contributed by atoms with Crippen LogP contribution in [0.15, 0.2) is 30.3 Å². The number of ether oxygens (including phenoxy) is 5. The van der Waals surface area contributed by atoms with E-state index in [0.29, 0.717) is 48.0 Å². The molecule has 7 heteroatoms. The molecule has 0 heterocycles. The lowest BCUT2D eigenvalue weighted by molar-refractivity contribution is -0.139. The number of carboxylic acids is 1. The summed E-state index contributed by atoms with van der Waals surface area (Å²) in [5.74, 6) is 0.614. The Morgan fingerprint density at radius 3 is 2.13 bits per heavy atom. The Bertz CT molecular complexity index is 861. The fraction of sp³-hybridized carbons (Fsp3) is 0.458. The molecule has 0 aromatic heterocycles. The van der Waals surface area contributed by atoms with Gasteiger partial charge in [0.1, 0.15) is 11.5 Å². The molecule has 0 aliphatic carbocycles. The van der Waals surface area contributed by atoms with Crippen LogP contribution >= 0.6 is 0 Å². The second kappa shape index (κ2) is 11.5. The number of methoxy groups -OCH3 is 4. The Morgan fingerprint density at radius 1 is 0.968 bits per heavy atom. The van der Waals surface area contributed by atoms with Gasteiger partial charge in [0.05, 0.1) is 41.0 Å². The van der Waals surface area contributed by atoms with Crippen molar-refractivity contribution in [3.63, 3.8) is 0 Å². The highest BCUT2D eigenvalue weighted by atomic mass is 16.5. The summed E-state index contributed by atoms with van der Waals surface area (Å²) in [5.41, 5.74) is 2.29. The maximum absolute atomic E-state index is 12.1. The number of benzene rings is 2. The predicted molar refractivity (Wildman–Crippen MR) is 118 cm³/mol. The molecule has 7 nitrogen and oxygen atoms in total. The first kappa shape index (κ1) is 24.3. The van der Waals surface area contributed by atoms with Crippen LogP contribution in [0, 0.1) is 12.8 Å². The topological polar surface area (TPSA) is 83.5 Å². The molecule has 0 fully saturated rings. The molecular weight excluding hydrogens is 400 g/mol. The first-order valence-corrected chi connectivity index (χ1v) is 10.1. The maximum atomic E-state index is 12.1. The van der Waals surface area contributed by atoms with Gasteiger partial charge in [-0.1, -0.05) is 19.1 Å². The van der Waals surface area contributed by atoms with Crippen LogP contribution in [0.5, 0.6) is 23.0 Å². The third-order valence-electron chi connectivity index (χ3n) is 5.22. The van der Waals surface area contributed by atoms with Crippen LogP contribution in [0.25, 0.3) is 0 Å². The highest BCUT2D eigenvalue weighted by Gasteiger charge is 2.29. The molecule has 0 amide bonds. The second-order valence-electron chi connectivity index (χ2n) is 7.45. The molecule has 0 aliphatic heterocycles. The van der Waals surface area contributed by atoms with Crippen LogP contribution in [-0.2, 0) is 16.1 Å². The summed E-state index contributed by atoms with van der Waals surface area (Å²) >= 11 is 0. The van der Waals surface area contributed by atoms with E-state index in [9.17, 15) is 9.90 Å². The fourth-order valence-corrected chi connectivity index (χ4v) is 3.64. The third kappa shape index (κ3) is 6.04. The minimum atomic E-state index is -0.924. The van der Waals surface area contributed by atoms with E-state index in [4.69, 9.17) is 23.7 Å². The summed E-state index contributed by atoms with van der Waals surface area (Å²) in [4.78, 5) is 12.1. The van der Waals surface area contributed by atoms with Gasteiger partial charge in [0.2, 0.25) is 0 Å². The van der Waals surface area contributed by atoms with E-state index < -0.39 is 11.9 Å². The van der Waals surface area contributed by atoms with Gasteiger partial charge in [-0.15, -0.1) is 0 Å². The van der Waals surface area contributed by atoms with Crippen LogP contribution in [0.4, 0.5) is 0 Å². The first-order chi connectivity index (χ1) is 14.9. The standard InChI is InChI=1S/C24H32O7/c1-15(13-31-14-17-7-9-18(27-3)10-8-17)11-20(24(25)26)19-12-21(28-4)23(30-6)16(2)22(19)29-5/h7-10,12,15,20H,11,13-14H2,1-6H3,(H,25,26)/t15-,20?/m0/s1. The molecule has 0 aliphatic rings. The van der Waals surface area contributed by atoms with Gasteiger partial charge in [-0.25, -0.2) is 0 Å². The zero-order valence-electron chi connectivity index (χ0n) is 19.1. The van der Waals surface area contributed by atoms with Gasteiger partial charge in [-0.3, -0.25) is 4.79 Å². The highest BCUT2D eigenvalue weighted by molar-refractivity contribution is 5.78. The first-order valence-electron chi connectivity index (χ1n) is 10.1. The quantitative estimate of drug-likeness (QED) is 0.531. The van der Waals surface area contributed by atoms with Gasteiger partial charge in [0, 0.05) is 17.7 Å². The lowest BCUT2D eigenvalue weighted by atomic mass is 9.87. The molecular formula is C24H32O7. The Balaban J connectivity index is 2.13. The minimum Gasteiger partial charge on any atom is -0.497 e. The molecule has 1 unspecified atom stereocenters. The van der Waals surface area contributed by atoms with E-state index in [1.165, 1.54) is 14.2 Å². The van der Waals surface area contributed by atoms with Crippen molar-refractivity contribution in [1.29, 1.82) is 0 Å². The molecule has 0 saturated heterocycles. The summed E-state index contributed by atoms with van der Waals surface area (Å²) in [6.07, 6.45) is 0.392. The molecule has 0 saturated carbocycles. The third-order valence-corrected chi connectivity index (χ3v) is 5.22. The van der Waals surface area contributed by atoms with Crippen LogP contribution in [0.1, 0.15) is 36.0 Å². The van der Waals surface area contributed by atoms with Crippen molar-refractivity contribution in [1.82, 2.24) is 0 Å². The number of aliphatic carboxylic acids is 1. The monoisotopic (exact) mass is 432 g/mol. The SMILES string of the molecule is COc1ccc(COC[C@@H](C)CC(C(=O)O)c2cc(OC)c(OC)c(C)c2OC)cc1. The summed E-state index contributed by atoms with van der Waals surface area (Å²) in [7, 11) is 6.22. The molecule has 2 atom stereocenters. The largest absolute Gasteiger partial charge is 0.497 e. The lowest BCUT2D eigenvalue weighted by Crippen LogP contribution is -2.19. The number of rotatable bonds is 12. The van der Waals surface area contributed by atoms with Crippen molar-refractivity contribution in [3.05, 3.63) is 47.0 Å². The van der Waals surface area contributed by atoms with E-state index in [-0.39, 0.29) is 5.92 Å². The highest BCUT2D eigenvalue weighted by Crippen LogP contribution is 2.44. The molecule has 0 radical (unpaired) electrons. The van der Waals surface area contributed by atoms with Crippen LogP contribution < -0.4 is 18.9 Å². The molecule has 2 rings (SSSR count). The van der Waals surface area contributed by atoms with Crippen LogP contribution in [-0.4, -0.2) is 46.1 Å². The van der Waals surface area contributed by atoms with Crippen molar-refractivity contribution in [3.8, 4) is 23.0 Å².